The molecule has 0 atom stereocenters. The summed E-state index contributed by atoms with van der Waals surface area (Å²) in [5.74, 6) is -0.137. The van der Waals surface area contributed by atoms with E-state index in [4.69, 9.17) is 4.74 Å². The molecule has 1 aliphatic carbocycles. The van der Waals surface area contributed by atoms with E-state index < -0.39 is 5.41 Å². The molecule has 0 radical (unpaired) electrons. The second-order valence-electron chi connectivity index (χ2n) is 8.50. The number of fused-ring (bicyclic) bond motifs is 4. The van der Waals surface area contributed by atoms with Crippen molar-refractivity contribution in [1.29, 1.82) is 0 Å². The maximum absolute atomic E-state index is 13.0. The summed E-state index contributed by atoms with van der Waals surface area (Å²) in [5.41, 5.74) is 2.81. The number of benzene rings is 1. The van der Waals surface area contributed by atoms with Gasteiger partial charge in [-0.15, -0.1) is 0 Å². The highest BCUT2D eigenvalue weighted by molar-refractivity contribution is 6.02. The standard InChI is InChI=1S/C21H25N3O4/c25-18-11-23(13-21-7-4-16(5-8-21)22-19(21)26)20(27)24(18)10-14-2-1-3-15-12-28-9-6-17(14)15/h1-3,16H,4-13H2,(H,22,26). The van der Waals surface area contributed by atoms with Gasteiger partial charge in [-0.1, -0.05) is 18.2 Å². The third-order valence-electron chi connectivity index (χ3n) is 6.83. The Labute approximate surface area is 164 Å². The number of nitrogens with zero attached hydrogens (tertiary/aromatic N) is 2. The lowest BCUT2D eigenvalue weighted by Crippen LogP contribution is -2.59. The average Bonchev–Trinajstić information content (AvgIpc) is 2.96. The third-order valence-corrected chi connectivity index (χ3v) is 6.83. The number of amides is 4. The van der Waals surface area contributed by atoms with E-state index in [1.807, 2.05) is 18.2 Å². The third kappa shape index (κ3) is 2.80. The first-order chi connectivity index (χ1) is 13.6. The number of rotatable bonds is 4. The van der Waals surface area contributed by atoms with Gasteiger partial charge in [-0.3, -0.25) is 14.5 Å². The normalized spacial score (nSPS) is 29.3. The van der Waals surface area contributed by atoms with Gasteiger partial charge in [0.15, 0.2) is 0 Å². The Hall–Kier alpha value is -2.41. The molecule has 148 valence electrons. The van der Waals surface area contributed by atoms with Crippen LogP contribution in [-0.2, 0) is 33.9 Å². The van der Waals surface area contributed by atoms with Gasteiger partial charge in [0.05, 0.1) is 25.2 Å². The first kappa shape index (κ1) is 17.7. The van der Waals surface area contributed by atoms with Crippen LogP contribution < -0.4 is 5.32 Å². The van der Waals surface area contributed by atoms with E-state index in [0.29, 0.717) is 26.3 Å². The molecule has 4 amide bonds. The summed E-state index contributed by atoms with van der Waals surface area (Å²) in [4.78, 5) is 41.1. The Bertz CT molecular complexity index is 844. The van der Waals surface area contributed by atoms with Crippen molar-refractivity contribution in [3.63, 3.8) is 0 Å². The first-order valence-corrected chi connectivity index (χ1v) is 10.1. The van der Waals surface area contributed by atoms with E-state index in [-0.39, 0.29) is 30.4 Å². The molecule has 1 aromatic rings. The Morgan fingerprint density at radius 3 is 2.79 bits per heavy atom. The summed E-state index contributed by atoms with van der Waals surface area (Å²) >= 11 is 0. The minimum Gasteiger partial charge on any atom is -0.376 e. The monoisotopic (exact) mass is 383 g/mol. The molecule has 6 rings (SSSR count). The molecule has 3 saturated heterocycles. The van der Waals surface area contributed by atoms with Crippen molar-refractivity contribution < 1.29 is 19.1 Å². The molecule has 4 aliphatic heterocycles. The second-order valence-corrected chi connectivity index (χ2v) is 8.50. The van der Waals surface area contributed by atoms with E-state index in [1.54, 1.807) is 4.90 Å². The molecule has 7 heteroatoms. The molecule has 4 fully saturated rings. The Morgan fingerprint density at radius 1 is 1.18 bits per heavy atom. The van der Waals surface area contributed by atoms with Gasteiger partial charge in [-0.2, -0.15) is 0 Å². The predicted molar refractivity (Wildman–Crippen MR) is 100 cm³/mol. The number of piperidine rings is 2. The number of imide groups is 1. The Kier molecular flexibility index (Phi) is 4.16. The molecule has 5 aliphatic rings. The summed E-state index contributed by atoms with van der Waals surface area (Å²) in [6.45, 7) is 1.94. The minimum absolute atomic E-state index is 0.0471. The molecule has 1 aromatic carbocycles. The van der Waals surface area contributed by atoms with E-state index >= 15 is 0 Å². The maximum Gasteiger partial charge on any atom is 0.327 e. The van der Waals surface area contributed by atoms with Crippen molar-refractivity contribution >= 4 is 17.8 Å². The van der Waals surface area contributed by atoms with E-state index in [9.17, 15) is 14.4 Å². The largest absolute Gasteiger partial charge is 0.376 e. The lowest BCUT2D eigenvalue weighted by Gasteiger charge is -2.46. The van der Waals surface area contributed by atoms with Crippen molar-refractivity contribution in [3.8, 4) is 0 Å². The molecule has 0 spiro atoms. The molecular weight excluding hydrogens is 358 g/mol. The van der Waals surface area contributed by atoms with Crippen molar-refractivity contribution in [2.45, 2.75) is 51.3 Å². The second kappa shape index (κ2) is 6.58. The van der Waals surface area contributed by atoms with Gasteiger partial charge in [0.1, 0.15) is 6.54 Å². The fourth-order valence-corrected chi connectivity index (χ4v) is 5.17. The van der Waals surface area contributed by atoms with Crippen molar-refractivity contribution in [2.75, 3.05) is 19.7 Å². The van der Waals surface area contributed by atoms with Crippen molar-refractivity contribution in [1.82, 2.24) is 15.1 Å². The zero-order valence-electron chi connectivity index (χ0n) is 15.9. The van der Waals surface area contributed by atoms with Crippen LogP contribution in [0.2, 0.25) is 0 Å². The van der Waals surface area contributed by atoms with Crippen LogP contribution in [0.3, 0.4) is 0 Å². The number of carbonyl (C=O) groups is 3. The number of urea groups is 1. The topological polar surface area (TPSA) is 79.0 Å². The van der Waals surface area contributed by atoms with Gasteiger partial charge in [0.25, 0.3) is 5.91 Å². The van der Waals surface area contributed by atoms with Gasteiger partial charge >= 0.3 is 6.03 Å². The molecule has 7 nitrogen and oxygen atoms in total. The highest BCUT2D eigenvalue weighted by Crippen LogP contribution is 2.42. The molecule has 0 unspecified atom stereocenters. The smallest absolute Gasteiger partial charge is 0.327 e. The number of hydrogen-bond acceptors (Lipinski definition) is 4. The first-order valence-electron chi connectivity index (χ1n) is 10.1. The fraction of sp³-hybridized carbons (Fsp3) is 0.571. The summed E-state index contributed by atoms with van der Waals surface area (Å²) in [7, 11) is 0. The summed E-state index contributed by atoms with van der Waals surface area (Å²) < 4.78 is 5.51. The number of carbonyl (C=O) groups excluding carboxylic acids is 3. The number of ether oxygens (including phenoxy) is 1. The van der Waals surface area contributed by atoms with Crippen LogP contribution in [-0.4, -0.2) is 53.4 Å². The predicted octanol–water partition coefficient (Wildman–Crippen LogP) is 1.58. The van der Waals surface area contributed by atoms with E-state index in [2.05, 4.69) is 5.32 Å². The summed E-state index contributed by atoms with van der Waals surface area (Å²) in [5, 5.41) is 3.05. The number of hydrogen-bond donors (Lipinski definition) is 1. The molecule has 28 heavy (non-hydrogen) atoms. The SMILES string of the molecule is O=C1CN(CC23CCC(CC2)NC3=O)C(=O)N1Cc1cccc2c1CCOC2. The molecule has 0 aromatic heterocycles. The molecular formula is C21H25N3O4. The molecule has 1 saturated carbocycles. The average molecular weight is 383 g/mol. The lowest BCUT2D eigenvalue weighted by molar-refractivity contribution is -0.140. The molecule has 1 N–H and O–H groups in total. The van der Waals surface area contributed by atoms with Crippen LogP contribution in [0.4, 0.5) is 4.79 Å². The van der Waals surface area contributed by atoms with E-state index in [0.717, 1.165) is 43.2 Å². The van der Waals surface area contributed by atoms with Crippen LogP contribution in [0, 0.1) is 5.41 Å². The van der Waals surface area contributed by atoms with Crippen LogP contribution >= 0.6 is 0 Å². The van der Waals surface area contributed by atoms with Crippen LogP contribution in [0.5, 0.6) is 0 Å². The highest BCUT2D eigenvalue weighted by Gasteiger charge is 2.50. The fourth-order valence-electron chi connectivity index (χ4n) is 5.17. The van der Waals surface area contributed by atoms with Gasteiger partial charge in [0.2, 0.25) is 5.91 Å². The van der Waals surface area contributed by atoms with Crippen molar-refractivity contribution in [3.05, 3.63) is 34.9 Å². The summed E-state index contributed by atoms with van der Waals surface area (Å²) in [6, 6.07) is 5.99. The zero-order valence-corrected chi connectivity index (χ0v) is 15.9. The van der Waals surface area contributed by atoms with Gasteiger partial charge in [-0.05, 0) is 48.8 Å². The van der Waals surface area contributed by atoms with Gasteiger partial charge in [-0.25, -0.2) is 4.79 Å². The minimum atomic E-state index is -0.524. The Morgan fingerprint density at radius 2 is 2.00 bits per heavy atom. The highest BCUT2D eigenvalue weighted by atomic mass is 16.5. The van der Waals surface area contributed by atoms with Gasteiger partial charge < -0.3 is 15.0 Å². The zero-order chi connectivity index (χ0) is 19.3. The van der Waals surface area contributed by atoms with Crippen LogP contribution in [0.25, 0.3) is 0 Å². The lowest BCUT2D eigenvalue weighted by atomic mass is 9.68. The Balaban J connectivity index is 1.33. The quantitative estimate of drug-likeness (QED) is 0.801. The molecule has 4 heterocycles. The van der Waals surface area contributed by atoms with E-state index in [1.165, 1.54) is 10.5 Å². The van der Waals surface area contributed by atoms with Crippen LogP contribution in [0.1, 0.15) is 42.4 Å². The number of nitrogens with one attached hydrogen (secondary N) is 1. The van der Waals surface area contributed by atoms with Crippen molar-refractivity contribution in [2.24, 2.45) is 5.41 Å². The molecule has 2 bridgehead atoms. The maximum atomic E-state index is 13.0. The van der Waals surface area contributed by atoms with Crippen LogP contribution in [0.15, 0.2) is 18.2 Å². The summed E-state index contributed by atoms with van der Waals surface area (Å²) in [6.07, 6.45) is 4.32. The van der Waals surface area contributed by atoms with Gasteiger partial charge in [0, 0.05) is 12.6 Å².